The van der Waals surface area contributed by atoms with Crippen molar-refractivity contribution >= 4 is 23.3 Å². The van der Waals surface area contributed by atoms with Crippen molar-refractivity contribution in [2.24, 2.45) is 0 Å². The number of aryl methyl sites for hydroxylation is 2. The Hall–Kier alpha value is -1.95. The Morgan fingerprint density at radius 2 is 2.18 bits per heavy atom. The van der Waals surface area contributed by atoms with Gasteiger partial charge in [-0.25, -0.2) is 4.98 Å². The standard InChI is InChI=1S/C10H9ClN4O2/c1-5-9(6(2)17-15-5)10(16)14-8-4-12-3-7(11)13-8/h3-4H,1-2H3,(H,13,14,16). The molecule has 0 aliphatic heterocycles. The number of hydrogen-bond acceptors (Lipinski definition) is 5. The third kappa shape index (κ3) is 2.42. The van der Waals surface area contributed by atoms with Gasteiger partial charge in [-0.1, -0.05) is 16.8 Å². The van der Waals surface area contributed by atoms with E-state index in [9.17, 15) is 4.79 Å². The minimum atomic E-state index is -0.349. The summed E-state index contributed by atoms with van der Waals surface area (Å²) in [7, 11) is 0. The maximum atomic E-state index is 11.9. The summed E-state index contributed by atoms with van der Waals surface area (Å²) < 4.78 is 4.90. The molecule has 0 spiro atoms. The summed E-state index contributed by atoms with van der Waals surface area (Å²) in [4.78, 5) is 19.6. The lowest BCUT2D eigenvalue weighted by Gasteiger charge is -2.03. The lowest BCUT2D eigenvalue weighted by molar-refractivity contribution is 0.102. The fourth-order valence-electron chi connectivity index (χ4n) is 1.39. The number of carbonyl (C=O) groups excluding carboxylic acids is 1. The highest BCUT2D eigenvalue weighted by molar-refractivity contribution is 6.29. The number of nitrogens with zero attached hydrogens (tertiary/aromatic N) is 3. The van der Waals surface area contributed by atoms with Gasteiger partial charge in [-0.3, -0.25) is 9.78 Å². The third-order valence-corrected chi connectivity index (χ3v) is 2.29. The van der Waals surface area contributed by atoms with Gasteiger partial charge in [0, 0.05) is 0 Å². The first-order valence-electron chi connectivity index (χ1n) is 4.79. The van der Waals surface area contributed by atoms with Gasteiger partial charge in [0.25, 0.3) is 5.91 Å². The van der Waals surface area contributed by atoms with Gasteiger partial charge < -0.3 is 9.84 Å². The molecule has 0 aromatic carbocycles. The summed E-state index contributed by atoms with van der Waals surface area (Å²) >= 11 is 5.66. The van der Waals surface area contributed by atoms with Crippen LogP contribution in [0.2, 0.25) is 5.15 Å². The van der Waals surface area contributed by atoms with Crippen molar-refractivity contribution in [3.05, 3.63) is 34.6 Å². The Labute approximate surface area is 102 Å². The number of rotatable bonds is 2. The first-order chi connectivity index (χ1) is 8.08. The zero-order chi connectivity index (χ0) is 12.4. The number of hydrogen-bond donors (Lipinski definition) is 1. The van der Waals surface area contributed by atoms with Crippen LogP contribution < -0.4 is 5.32 Å². The average Bonchev–Trinajstić information content (AvgIpc) is 2.58. The number of anilines is 1. The van der Waals surface area contributed by atoms with E-state index in [4.69, 9.17) is 16.1 Å². The molecule has 0 unspecified atom stereocenters. The molecule has 0 fully saturated rings. The Morgan fingerprint density at radius 1 is 1.41 bits per heavy atom. The highest BCUT2D eigenvalue weighted by Crippen LogP contribution is 2.14. The van der Waals surface area contributed by atoms with Gasteiger partial charge in [-0.2, -0.15) is 0 Å². The van der Waals surface area contributed by atoms with Crippen LogP contribution in [-0.2, 0) is 0 Å². The van der Waals surface area contributed by atoms with Gasteiger partial charge in [0.2, 0.25) is 0 Å². The van der Waals surface area contributed by atoms with E-state index in [2.05, 4.69) is 20.4 Å². The van der Waals surface area contributed by atoms with Crippen LogP contribution in [0.3, 0.4) is 0 Å². The topological polar surface area (TPSA) is 80.9 Å². The predicted molar refractivity (Wildman–Crippen MR) is 61.0 cm³/mol. The SMILES string of the molecule is Cc1noc(C)c1C(=O)Nc1cncc(Cl)n1. The normalized spacial score (nSPS) is 10.3. The van der Waals surface area contributed by atoms with Gasteiger partial charge in [-0.05, 0) is 13.8 Å². The van der Waals surface area contributed by atoms with Crippen molar-refractivity contribution in [3.63, 3.8) is 0 Å². The molecular weight excluding hydrogens is 244 g/mol. The Kier molecular flexibility index (Phi) is 3.06. The first kappa shape index (κ1) is 11.5. The molecule has 1 N–H and O–H groups in total. The van der Waals surface area contributed by atoms with E-state index in [-0.39, 0.29) is 16.9 Å². The highest BCUT2D eigenvalue weighted by atomic mass is 35.5. The number of nitrogens with one attached hydrogen (secondary N) is 1. The summed E-state index contributed by atoms with van der Waals surface area (Å²) in [6.07, 6.45) is 2.79. The fraction of sp³-hybridized carbons (Fsp3) is 0.200. The maximum Gasteiger partial charge on any atom is 0.262 e. The molecule has 0 aliphatic rings. The Bertz CT molecular complexity index is 548. The molecule has 7 heteroatoms. The predicted octanol–water partition coefficient (Wildman–Crippen LogP) is 1.99. The molecule has 17 heavy (non-hydrogen) atoms. The van der Waals surface area contributed by atoms with E-state index in [1.165, 1.54) is 12.4 Å². The molecule has 2 aromatic heterocycles. The van der Waals surface area contributed by atoms with Crippen LogP contribution in [0.1, 0.15) is 21.8 Å². The molecule has 0 radical (unpaired) electrons. The van der Waals surface area contributed by atoms with E-state index >= 15 is 0 Å². The molecular formula is C10H9ClN4O2. The quantitative estimate of drug-likeness (QED) is 0.884. The smallest absolute Gasteiger partial charge is 0.262 e. The van der Waals surface area contributed by atoms with Gasteiger partial charge in [0.05, 0.1) is 18.1 Å². The van der Waals surface area contributed by atoms with Crippen LogP contribution in [-0.4, -0.2) is 21.0 Å². The molecule has 0 saturated carbocycles. The maximum absolute atomic E-state index is 11.9. The fourth-order valence-corrected chi connectivity index (χ4v) is 1.54. The van der Waals surface area contributed by atoms with Crippen molar-refractivity contribution < 1.29 is 9.32 Å². The van der Waals surface area contributed by atoms with E-state index < -0.39 is 0 Å². The number of halogens is 1. The lowest BCUT2D eigenvalue weighted by atomic mass is 10.2. The van der Waals surface area contributed by atoms with Crippen molar-refractivity contribution in [1.82, 2.24) is 15.1 Å². The average molecular weight is 253 g/mol. The molecule has 6 nitrogen and oxygen atoms in total. The minimum Gasteiger partial charge on any atom is -0.361 e. The highest BCUT2D eigenvalue weighted by Gasteiger charge is 2.17. The largest absolute Gasteiger partial charge is 0.361 e. The van der Waals surface area contributed by atoms with Crippen LogP contribution >= 0.6 is 11.6 Å². The van der Waals surface area contributed by atoms with Crippen LogP contribution in [0.5, 0.6) is 0 Å². The molecule has 88 valence electrons. The van der Waals surface area contributed by atoms with Crippen molar-refractivity contribution in [2.45, 2.75) is 13.8 Å². The number of carbonyl (C=O) groups is 1. The molecule has 2 rings (SSSR count). The molecule has 2 aromatic rings. The van der Waals surface area contributed by atoms with E-state index in [1.54, 1.807) is 13.8 Å². The zero-order valence-corrected chi connectivity index (χ0v) is 9.95. The molecule has 0 bridgehead atoms. The summed E-state index contributed by atoms with van der Waals surface area (Å²) in [5.74, 6) is 0.385. The van der Waals surface area contributed by atoms with E-state index in [1.807, 2.05) is 0 Å². The molecule has 0 aliphatic carbocycles. The second-order valence-electron chi connectivity index (χ2n) is 3.38. The van der Waals surface area contributed by atoms with E-state index in [0.29, 0.717) is 17.0 Å². The van der Waals surface area contributed by atoms with Crippen molar-refractivity contribution in [1.29, 1.82) is 0 Å². The molecule has 0 atom stereocenters. The molecule has 1 amide bonds. The van der Waals surface area contributed by atoms with Gasteiger partial charge in [-0.15, -0.1) is 0 Å². The number of aromatic nitrogens is 3. The zero-order valence-electron chi connectivity index (χ0n) is 9.19. The third-order valence-electron chi connectivity index (χ3n) is 2.11. The van der Waals surface area contributed by atoms with Gasteiger partial charge in [0.1, 0.15) is 16.5 Å². The summed E-state index contributed by atoms with van der Waals surface area (Å²) in [5, 5.41) is 6.48. The summed E-state index contributed by atoms with van der Waals surface area (Å²) in [6.45, 7) is 3.35. The summed E-state index contributed by atoms with van der Waals surface area (Å²) in [6, 6.07) is 0. The second kappa shape index (κ2) is 4.50. The Balaban J connectivity index is 2.23. The van der Waals surface area contributed by atoms with Crippen molar-refractivity contribution in [2.75, 3.05) is 5.32 Å². The van der Waals surface area contributed by atoms with Crippen LogP contribution in [0.4, 0.5) is 5.82 Å². The van der Waals surface area contributed by atoms with Crippen molar-refractivity contribution in [3.8, 4) is 0 Å². The number of amides is 1. The molecule has 2 heterocycles. The van der Waals surface area contributed by atoms with Gasteiger partial charge >= 0.3 is 0 Å². The van der Waals surface area contributed by atoms with Gasteiger partial charge in [0.15, 0.2) is 5.82 Å². The monoisotopic (exact) mass is 252 g/mol. The second-order valence-corrected chi connectivity index (χ2v) is 3.77. The van der Waals surface area contributed by atoms with Crippen LogP contribution in [0.15, 0.2) is 16.9 Å². The summed E-state index contributed by atoms with van der Waals surface area (Å²) in [5.41, 5.74) is 0.918. The molecule has 0 saturated heterocycles. The Morgan fingerprint density at radius 3 is 2.76 bits per heavy atom. The van der Waals surface area contributed by atoms with E-state index in [0.717, 1.165) is 0 Å². The van der Waals surface area contributed by atoms with Crippen LogP contribution in [0, 0.1) is 13.8 Å². The minimum absolute atomic E-state index is 0.210. The first-order valence-corrected chi connectivity index (χ1v) is 5.17. The van der Waals surface area contributed by atoms with Crippen LogP contribution in [0.25, 0.3) is 0 Å². The lowest BCUT2D eigenvalue weighted by Crippen LogP contribution is -2.14.